The minimum atomic E-state index is -0.474. The molecule has 0 radical (unpaired) electrons. The average molecular weight is 647 g/mol. The molecular formula is C40H46N4O4. The van der Waals surface area contributed by atoms with E-state index in [1.54, 1.807) is 0 Å². The van der Waals surface area contributed by atoms with Crippen LogP contribution in [0.1, 0.15) is 91.2 Å². The molecule has 0 amide bonds. The van der Waals surface area contributed by atoms with Crippen molar-refractivity contribution in [2.45, 2.75) is 90.9 Å². The Morgan fingerprint density at radius 2 is 1.38 bits per heavy atom. The first-order valence-electron chi connectivity index (χ1n) is 17.6. The van der Waals surface area contributed by atoms with Crippen LogP contribution in [0.3, 0.4) is 0 Å². The van der Waals surface area contributed by atoms with Gasteiger partial charge in [0.15, 0.2) is 0 Å². The number of nitrogens with zero attached hydrogens (tertiary/aromatic N) is 4. The summed E-state index contributed by atoms with van der Waals surface area (Å²) in [4.78, 5) is 40.8. The molecule has 0 saturated heterocycles. The van der Waals surface area contributed by atoms with Crippen LogP contribution in [0.4, 0.5) is 11.4 Å². The van der Waals surface area contributed by atoms with Crippen molar-refractivity contribution in [3.8, 4) is 22.5 Å². The van der Waals surface area contributed by atoms with Crippen LogP contribution >= 0.6 is 0 Å². The molecule has 0 spiro atoms. The topological polar surface area (TPSA) is 92.7 Å². The number of anilines is 2. The molecule has 5 heterocycles. The Hall–Kier alpha value is -4.46. The molecule has 2 aromatic carbocycles. The second kappa shape index (κ2) is 12.2. The SMILES string of the molecule is CCCCN(CCCC)c1ccc2cc(-c3cnc(-c4cc5cc6c7c(c5oc4=O)C(C)(C)CCN7CCC6(C)C)cn3)c(=O)oc2c1. The van der Waals surface area contributed by atoms with Crippen molar-refractivity contribution in [2.24, 2.45) is 0 Å². The lowest BCUT2D eigenvalue weighted by Crippen LogP contribution is -2.44. The molecule has 48 heavy (non-hydrogen) atoms. The smallest absolute Gasteiger partial charge is 0.345 e. The monoisotopic (exact) mass is 646 g/mol. The zero-order valence-corrected chi connectivity index (χ0v) is 29.1. The molecule has 7 rings (SSSR count). The van der Waals surface area contributed by atoms with Crippen LogP contribution in [0, 0.1) is 0 Å². The Balaban J connectivity index is 1.24. The van der Waals surface area contributed by atoms with Crippen LogP contribution in [-0.2, 0) is 10.8 Å². The first kappa shape index (κ1) is 32.1. The third kappa shape index (κ3) is 5.59. The van der Waals surface area contributed by atoms with Crippen LogP contribution in [0.5, 0.6) is 0 Å². The van der Waals surface area contributed by atoms with E-state index >= 15 is 0 Å². The van der Waals surface area contributed by atoms with Gasteiger partial charge in [0, 0.05) is 60.0 Å². The minimum Gasteiger partial charge on any atom is -0.422 e. The van der Waals surface area contributed by atoms with Gasteiger partial charge in [-0.05, 0) is 72.4 Å². The Morgan fingerprint density at radius 1 is 0.771 bits per heavy atom. The molecule has 250 valence electrons. The van der Waals surface area contributed by atoms with Gasteiger partial charge in [0.05, 0.1) is 34.9 Å². The number of hydrogen-bond acceptors (Lipinski definition) is 8. The summed E-state index contributed by atoms with van der Waals surface area (Å²) in [5.74, 6) is 0. The lowest BCUT2D eigenvalue weighted by molar-refractivity contribution is 0.398. The van der Waals surface area contributed by atoms with Crippen LogP contribution < -0.4 is 21.1 Å². The van der Waals surface area contributed by atoms with Crippen molar-refractivity contribution < 1.29 is 8.83 Å². The van der Waals surface area contributed by atoms with Gasteiger partial charge < -0.3 is 18.6 Å². The molecule has 0 unspecified atom stereocenters. The lowest BCUT2D eigenvalue weighted by Gasteiger charge is -2.48. The van der Waals surface area contributed by atoms with Crippen molar-refractivity contribution in [1.29, 1.82) is 0 Å². The zero-order valence-electron chi connectivity index (χ0n) is 29.1. The van der Waals surface area contributed by atoms with Gasteiger partial charge in [-0.3, -0.25) is 9.97 Å². The minimum absolute atomic E-state index is 0.00590. The predicted octanol–water partition coefficient (Wildman–Crippen LogP) is 8.60. The van der Waals surface area contributed by atoms with Crippen LogP contribution in [0.25, 0.3) is 44.5 Å². The zero-order chi connectivity index (χ0) is 33.8. The second-order valence-electron chi connectivity index (χ2n) is 14.9. The van der Waals surface area contributed by atoms with Gasteiger partial charge >= 0.3 is 11.3 Å². The van der Waals surface area contributed by atoms with Crippen LogP contribution in [0.15, 0.2) is 67.2 Å². The molecule has 0 N–H and O–H groups in total. The molecule has 3 aromatic heterocycles. The number of unbranched alkanes of at least 4 members (excludes halogenated alkanes) is 2. The molecule has 0 bridgehead atoms. The highest BCUT2D eigenvalue weighted by Crippen LogP contribution is 2.51. The molecule has 2 aliphatic heterocycles. The predicted molar refractivity (Wildman–Crippen MR) is 195 cm³/mol. The number of rotatable bonds is 9. The van der Waals surface area contributed by atoms with Crippen molar-refractivity contribution in [3.63, 3.8) is 0 Å². The van der Waals surface area contributed by atoms with Gasteiger partial charge in [0.2, 0.25) is 0 Å². The van der Waals surface area contributed by atoms with E-state index in [2.05, 4.69) is 73.4 Å². The molecule has 5 aromatic rings. The third-order valence-corrected chi connectivity index (χ3v) is 10.6. The first-order valence-corrected chi connectivity index (χ1v) is 17.6. The Bertz CT molecular complexity index is 2120. The molecule has 0 aliphatic carbocycles. The van der Waals surface area contributed by atoms with Crippen molar-refractivity contribution in [3.05, 3.63) is 80.8 Å². The fourth-order valence-corrected chi connectivity index (χ4v) is 7.48. The molecule has 8 heteroatoms. The van der Waals surface area contributed by atoms with E-state index in [-0.39, 0.29) is 10.8 Å². The molecular weight excluding hydrogens is 600 g/mol. The summed E-state index contributed by atoms with van der Waals surface area (Å²) in [5.41, 5.74) is 6.37. The third-order valence-electron chi connectivity index (χ3n) is 10.6. The lowest BCUT2D eigenvalue weighted by atomic mass is 9.69. The van der Waals surface area contributed by atoms with E-state index in [0.717, 1.165) is 86.7 Å². The Morgan fingerprint density at radius 3 is 2.00 bits per heavy atom. The van der Waals surface area contributed by atoms with E-state index in [9.17, 15) is 9.59 Å². The van der Waals surface area contributed by atoms with Crippen molar-refractivity contribution in [1.82, 2.24) is 9.97 Å². The summed E-state index contributed by atoms with van der Waals surface area (Å²) < 4.78 is 12.0. The maximum absolute atomic E-state index is 13.5. The fraction of sp³-hybridized carbons (Fsp3) is 0.450. The van der Waals surface area contributed by atoms with Crippen LogP contribution in [-0.4, -0.2) is 36.1 Å². The number of fused-ring (bicyclic) bond motifs is 3. The maximum Gasteiger partial charge on any atom is 0.345 e. The number of hydrogen-bond donors (Lipinski definition) is 0. The second-order valence-corrected chi connectivity index (χ2v) is 14.9. The number of aromatic nitrogens is 2. The van der Waals surface area contributed by atoms with E-state index in [0.29, 0.717) is 33.7 Å². The summed E-state index contributed by atoms with van der Waals surface area (Å²) in [6, 6.07) is 12.0. The van der Waals surface area contributed by atoms with Gasteiger partial charge in [-0.1, -0.05) is 54.4 Å². The van der Waals surface area contributed by atoms with E-state index in [4.69, 9.17) is 8.83 Å². The van der Waals surface area contributed by atoms with E-state index in [1.807, 2.05) is 24.3 Å². The molecule has 8 nitrogen and oxygen atoms in total. The largest absolute Gasteiger partial charge is 0.422 e. The summed E-state index contributed by atoms with van der Waals surface area (Å²) in [5, 5.41) is 1.71. The summed E-state index contributed by atoms with van der Waals surface area (Å²) in [6.45, 7) is 17.4. The van der Waals surface area contributed by atoms with Gasteiger partial charge in [-0.25, -0.2) is 9.59 Å². The van der Waals surface area contributed by atoms with Gasteiger partial charge in [0.1, 0.15) is 11.2 Å². The van der Waals surface area contributed by atoms with Crippen molar-refractivity contribution in [2.75, 3.05) is 36.0 Å². The van der Waals surface area contributed by atoms with E-state index < -0.39 is 11.3 Å². The Kier molecular flexibility index (Phi) is 8.17. The average Bonchev–Trinajstić information content (AvgIpc) is 3.06. The molecule has 0 saturated carbocycles. The highest BCUT2D eigenvalue weighted by atomic mass is 16.4. The fourth-order valence-electron chi connectivity index (χ4n) is 7.48. The highest BCUT2D eigenvalue weighted by Gasteiger charge is 2.42. The molecule has 0 fully saturated rings. The standard InChI is InChI=1S/C40H46N4O4/c1-7-9-15-43(16-10-8-2)27-12-11-25-19-28(37(45)47-33(25)22-27)31-23-42-32(24-41-31)29-20-26-21-30-35-34(36(26)48-38(29)46)40(5,6)14-18-44(35)17-13-39(30,3)4/h11-12,19-24H,7-10,13-18H2,1-6H3. The summed E-state index contributed by atoms with van der Waals surface area (Å²) >= 11 is 0. The molecule has 0 atom stereocenters. The van der Waals surface area contributed by atoms with Crippen molar-refractivity contribution >= 4 is 33.3 Å². The normalized spacial score (nSPS) is 16.3. The maximum atomic E-state index is 13.5. The quantitative estimate of drug-likeness (QED) is 0.147. The molecule has 2 aliphatic rings. The first-order chi connectivity index (χ1) is 23.0. The van der Waals surface area contributed by atoms with Crippen LogP contribution in [0.2, 0.25) is 0 Å². The van der Waals surface area contributed by atoms with Gasteiger partial charge in [-0.15, -0.1) is 0 Å². The van der Waals surface area contributed by atoms with Gasteiger partial charge in [0.25, 0.3) is 0 Å². The summed E-state index contributed by atoms with van der Waals surface area (Å²) in [7, 11) is 0. The highest BCUT2D eigenvalue weighted by molar-refractivity contribution is 5.92. The van der Waals surface area contributed by atoms with Gasteiger partial charge in [-0.2, -0.15) is 0 Å². The number of benzene rings is 2. The summed E-state index contributed by atoms with van der Waals surface area (Å²) in [6.07, 6.45) is 9.61. The van der Waals surface area contributed by atoms with E-state index in [1.165, 1.54) is 23.6 Å². The Labute approximate surface area is 281 Å².